The van der Waals surface area contributed by atoms with Gasteiger partial charge in [-0.05, 0) is 24.5 Å². The molecule has 1 aromatic carbocycles. The number of benzene rings is 1. The highest BCUT2D eigenvalue weighted by Gasteiger charge is 2.21. The normalized spacial score (nSPS) is 14.8. The van der Waals surface area contributed by atoms with Crippen molar-refractivity contribution in [1.29, 1.82) is 0 Å². The van der Waals surface area contributed by atoms with Crippen molar-refractivity contribution < 1.29 is 15.0 Å². The van der Waals surface area contributed by atoms with Gasteiger partial charge in [0.25, 0.3) is 5.91 Å². The van der Waals surface area contributed by atoms with Crippen LogP contribution in [-0.2, 0) is 0 Å². The van der Waals surface area contributed by atoms with E-state index in [2.05, 4.69) is 5.32 Å². The van der Waals surface area contributed by atoms with Crippen LogP contribution in [0.1, 0.15) is 29.6 Å². The molecule has 0 atom stereocenters. The first-order valence-electron chi connectivity index (χ1n) is 5.47. The molecule has 0 radical (unpaired) electrons. The van der Waals surface area contributed by atoms with Gasteiger partial charge in [0.2, 0.25) is 0 Å². The quantitative estimate of drug-likeness (QED) is 0.723. The first-order valence-corrected chi connectivity index (χ1v) is 5.47. The van der Waals surface area contributed by atoms with E-state index in [0.717, 1.165) is 18.4 Å². The van der Waals surface area contributed by atoms with Gasteiger partial charge in [-0.25, -0.2) is 0 Å². The van der Waals surface area contributed by atoms with Crippen LogP contribution in [0.25, 0.3) is 0 Å². The molecule has 0 unspecified atom stereocenters. The van der Waals surface area contributed by atoms with Crippen molar-refractivity contribution in [2.24, 2.45) is 5.92 Å². The summed E-state index contributed by atoms with van der Waals surface area (Å²) >= 11 is 0. The Morgan fingerprint density at radius 2 is 2.12 bits per heavy atom. The van der Waals surface area contributed by atoms with Gasteiger partial charge in [-0.1, -0.05) is 12.8 Å². The van der Waals surface area contributed by atoms with Crippen molar-refractivity contribution in [3.8, 4) is 11.5 Å². The Kier molecular flexibility index (Phi) is 2.99. The zero-order chi connectivity index (χ0) is 11.5. The van der Waals surface area contributed by atoms with Crippen LogP contribution in [0.2, 0.25) is 0 Å². The van der Waals surface area contributed by atoms with Gasteiger partial charge in [-0.2, -0.15) is 0 Å². The minimum Gasteiger partial charge on any atom is -0.508 e. The van der Waals surface area contributed by atoms with Crippen molar-refractivity contribution in [3.63, 3.8) is 0 Å². The number of phenols is 2. The highest BCUT2D eigenvalue weighted by Crippen LogP contribution is 2.31. The maximum atomic E-state index is 11.6. The molecule has 0 spiro atoms. The third-order valence-corrected chi connectivity index (χ3v) is 2.76. The van der Waals surface area contributed by atoms with Crippen LogP contribution in [0, 0.1) is 5.92 Å². The number of nitrogens with one attached hydrogen (secondary N) is 1. The number of rotatable bonds is 4. The summed E-state index contributed by atoms with van der Waals surface area (Å²) in [7, 11) is 0. The molecule has 4 nitrogen and oxygen atoms in total. The summed E-state index contributed by atoms with van der Waals surface area (Å²) in [4.78, 5) is 11.6. The first kappa shape index (κ1) is 10.8. The summed E-state index contributed by atoms with van der Waals surface area (Å²) in [5.41, 5.74) is 0.202. The van der Waals surface area contributed by atoms with Crippen LogP contribution >= 0.6 is 0 Å². The van der Waals surface area contributed by atoms with Crippen molar-refractivity contribution in [2.45, 2.75) is 19.3 Å². The highest BCUT2D eigenvalue weighted by molar-refractivity contribution is 5.96. The van der Waals surface area contributed by atoms with E-state index < -0.39 is 0 Å². The third kappa shape index (κ3) is 2.66. The van der Waals surface area contributed by atoms with E-state index >= 15 is 0 Å². The predicted octanol–water partition coefficient (Wildman–Crippen LogP) is 1.63. The van der Waals surface area contributed by atoms with Gasteiger partial charge in [0.05, 0.1) is 5.56 Å². The molecular formula is C12H15NO3. The average Bonchev–Trinajstić information content (AvgIpc) is 3.01. The van der Waals surface area contributed by atoms with Crippen LogP contribution in [-0.4, -0.2) is 22.7 Å². The van der Waals surface area contributed by atoms with Gasteiger partial charge in [-0.15, -0.1) is 0 Å². The summed E-state index contributed by atoms with van der Waals surface area (Å²) in [6.45, 7) is 0.643. The summed E-state index contributed by atoms with van der Waals surface area (Å²) in [5.74, 6) is 0.239. The Morgan fingerprint density at radius 1 is 1.38 bits per heavy atom. The molecule has 3 N–H and O–H groups in total. The van der Waals surface area contributed by atoms with Gasteiger partial charge in [0.1, 0.15) is 11.5 Å². The van der Waals surface area contributed by atoms with Crippen LogP contribution in [0.3, 0.4) is 0 Å². The van der Waals surface area contributed by atoms with Gasteiger partial charge >= 0.3 is 0 Å². The summed E-state index contributed by atoms with van der Waals surface area (Å²) in [5, 5.41) is 21.3. The van der Waals surface area contributed by atoms with Crippen molar-refractivity contribution >= 4 is 5.91 Å². The Balaban J connectivity index is 1.91. The molecule has 0 heterocycles. The molecule has 1 amide bonds. The lowest BCUT2D eigenvalue weighted by molar-refractivity contribution is 0.0950. The summed E-state index contributed by atoms with van der Waals surface area (Å²) in [6, 6.07) is 3.96. The fourth-order valence-electron chi connectivity index (χ4n) is 1.60. The van der Waals surface area contributed by atoms with E-state index in [9.17, 15) is 9.90 Å². The van der Waals surface area contributed by atoms with E-state index in [-0.39, 0.29) is 23.0 Å². The molecule has 16 heavy (non-hydrogen) atoms. The van der Waals surface area contributed by atoms with Gasteiger partial charge in [0.15, 0.2) is 0 Å². The van der Waals surface area contributed by atoms with Crippen LogP contribution < -0.4 is 5.32 Å². The van der Waals surface area contributed by atoms with E-state index in [1.807, 2.05) is 0 Å². The second-order valence-corrected chi connectivity index (χ2v) is 4.19. The van der Waals surface area contributed by atoms with Gasteiger partial charge in [0, 0.05) is 12.6 Å². The number of amides is 1. The molecule has 86 valence electrons. The van der Waals surface area contributed by atoms with Gasteiger partial charge in [-0.3, -0.25) is 4.79 Å². The number of aromatic hydroxyl groups is 2. The second-order valence-electron chi connectivity index (χ2n) is 4.19. The molecule has 1 aromatic rings. The predicted molar refractivity (Wildman–Crippen MR) is 59.4 cm³/mol. The highest BCUT2D eigenvalue weighted by atomic mass is 16.3. The lowest BCUT2D eigenvalue weighted by atomic mass is 10.1. The molecule has 0 saturated heterocycles. The Bertz CT molecular complexity index is 399. The van der Waals surface area contributed by atoms with E-state index in [0.29, 0.717) is 6.54 Å². The standard InChI is InChI=1S/C12H15NO3/c14-9-3-4-10(11(15)7-9)12(16)13-6-5-8-1-2-8/h3-4,7-8,14-15H,1-2,5-6H2,(H,13,16). The number of carbonyl (C=O) groups excluding carboxylic acids is 1. The van der Waals surface area contributed by atoms with E-state index in [1.54, 1.807) is 0 Å². The smallest absolute Gasteiger partial charge is 0.255 e. The monoisotopic (exact) mass is 221 g/mol. The van der Waals surface area contributed by atoms with Crippen LogP contribution in [0.15, 0.2) is 18.2 Å². The lowest BCUT2D eigenvalue weighted by Crippen LogP contribution is -2.24. The van der Waals surface area contributed by atoms with Crippen molar-refractivity contribution in [2.75, 3.05) is 6.54 Å². The maximum Gasteiger partial charge on any atom is 0.255 e. The number of hydrogen-bond donors (Lipinski definition) is 3. The third-order valence-electron chi connectivity index (χ3n) is 2.76. The zero-order valence-electron chi connectivity index (χ0n) is 8.94. The van der Waals surface area contributed by atoms with E-state index in [1.165, 1.54) is 25.0 Å². The van der Waals surface area contributed by atoms with E-state index in [4.69, 9.17) is 5.11 Å². The largest absolute Gasteiger partial charge is 0.508 e. The van der Waals surface area contributed by atoms with Crippen LogP contribution in [0.5, 0.6) is 11.5 Å². The number of carbonyl (C=O) groups is 1. The Labute approximate surface area is 93.9 Å². The molecule has 1 aliphatic rings. The minimum absolute atomic E-state index is 0.0490. The summed E-state index contributed by atoms with van der Waals surface area (Å²) < 4.78 is 0. The maximum absolute atomic E-state index is 11.6. The Morgan fingerprint density at radius 3 is 2.75 bits per heavy atom. The molecule has 1 aliphatic carbocycles. The molecule has 2 rings (SSSR count). The molecule has 1 fully saturated rings. The number of phenolic OH excluding ortho intramolecular Hbond substituents is 2. The fourth-order valence-corrected chi connectivity index (χ4v) is 1.60. The molecule has 0 bridgehead atoms. The Hall–Kier alpha value is -1.71. The molecule has 0 aromatic heterocycles. The zero-order valence-corrected chi connectivity index (χ0v) is 8.94. The van der Waals surface area contributed by atoms with Crippen molar-refractivity contribution in [3.05, 3.63) is 23.8 Å². The SMILES string of the molecule is O=C(NCCC1CC1)c1ccc(O)cc1O. The average molecular weight is 221 g/mol. The topological polar surface area (TPSA) is 69.6 Å². The van der Waals surface area contributed by atoms with Gasteiger partial charge < -0.3 is 15.5 Å². The number of hydrogen-bond acceptors (Lipinski definition) is 3. The van der Waals surface area contributed by atoms with Crippen LogP contribution in [0.4, 0.5) is 0 Å². The van der Waals surface area contributed by atoms with Crippen molar-refractivity contribution in [1.82, 2.24) is 5.32 Å². The molecular weight excluding hydrogens is 206 g/mol. The molecule has 4 heteroatoms. The first-order chi connectivity index (χ1) is 7.66. The minimum atomic E-state index is -0.293. The second kappa shape index (κ2) is 4.43. The fraction of sp³-hybridized carbons (Fsp3) is 0.417. The molecule has 1 saturated carbocycles. The lowest BCUT2D eigenvalue weighted by Gasteiger charge is -2.06. The summed E-state index contributed by atoms with van der Waals surface area (Å²) in [6.07, 6.45) is 3.53. The molecule has 0 aliphatic heterocycles.